The normalized spacial score (nSPS) is 18.4. The number of fused-ring (bicyclic) bond motifs is 1. The maximum atomic E-state index is 12.3. The number of hydrogen-bond donors (Lipinski definition) is 2. The van der Waals surface area contributed by atoms with E-state index < -0.39 is 22.0 Å². The SMILES string of the molecule is CC[C@@H](C)CS(=O)(=O)NC(=O)c1cccc2c1O[C@@H](C)C(=O)N2. The van der Waals surface area contributed by atoms with Crippen LogP contribution in [-0.4, -0.2) is 32.1 Å². The summed E-state index contributed by atoms with van der Waals surface area (Å²) in [7, 11) is -3.73. The minimum Gasteiger partial charge on any atom is -0.478 e. The fraction of sp³-hybridized carbons (Fsp3) is 0.467. The Morgan fingerprint density at radius 1 is 1.43 bits per heavy atom. The molecule has 1 aromatic carbocycles. The second kappa shape index (κ2) is 6.57. The molecule has 0 saturated heterocycles. The molecule has 0 saturated carbocycles. The van der Waals surface area contributed by atoms with E-state index in [1.165, 1.54) is 6.07 Å². The highest BCUT2D eigenvalue weighted by molar-refractivity contribution is 7.90. The minimum absolute atomic E-state index is 0.0550. The Bertz CT molecular complexity index is 729. The molecule has 23 heavy (non-hydrogen) atoms. The monoisotopic (exact) mass is 340 g/mol. The highest BCUT2D eigenvalue weighted by Crippen LogP contribution is 2.33. The molecule has 2 rings (SSSR count). The Hall–Kier alpha value is -2.09. The maximum absolute atomic E-state index is 12.3. The lowest BCUT2D eigenvalue weighted by Gasteiger charge is -2.25. The van der Waals surface area contributed by atoms with Crippen molar-refractivity contribution in [3.8, 4) is 5.75 Å². The van der Waals surface area contributed by atoms with E-state index in [1.54, 1.807) is 26.0 Å². The van der Waals surface area contributed by atoms with Crippen molar-refractivity contribution in [3.63, 3.8) is 0 Å². The van der Waals surface area contributed by atoms with Gasteiger partial charge in [-0.3, -0.25) is 9.59 Å². The Morgan fingerprint density at radius 2 is 2.13 bits per heavy atom. The second-order valence-corrected chi connectivity index (χ2v) is 7.42. The molecule has 0 unspecified atom stereocenters. The van der Waals surface area contributed by atoms with Crippen LogP contribution in [0.1, 0.15) is 37.6 Å². The largest absolute Gasteiger partial charge is 0.478 e. The van der Waals surface area contributed by atoms with Gasteiger partial charge in [-0.15, -0.1) is 0 Å². The number of nitrogens with one attached hydrogen (secondary N) is 2. The molecule has 2 N–H and O–H groups in total. The maximum Gasteiger partial charge on any atom is 0.268 e. The van der Waals surface area contributed by atoms with Crippen LogP contribution < -0.4 is 14.8 Å². The van der Waals surface area contributed by atoms with Crippen LogP contribution >= 0.6 is 0 Å². The van der Waals surface area contributed by atoms with Gasteiger partial charge in [0.1, 0.15) is 0 Å². The number of benzene rings is 1. The molecular weight excluding hydrogens is 320 g/mol. The van der Waals surface area contributed by atoms with Gasteiger partial charge in [0, 0.05) is 0 Å². The van der Waals surface area contributed by atoms with Crippen LogP contribution in [0.5, 0.6) is 5.75 Å². The van der Waals surface area contributed by atoms with Gasteiger partial charge in [0.25, 0.3) is 11.8 Å². The summed E-state index contributed by atoms with van der Waals surface area (Å²) < 4.78 is 31.6. The minimum atomic E-state index is -3.73. The molecule has 8 heteroatoms. The van der Waals surface area contributed by atoms with Gasteiger partial charge in [-0.25, -0.2) is 13.1 Å². The summed E-state index contributed by atoms with van der Waals surface area (Å²) in [5.41, 5.74) is 0.419. The number of anilines is 1. The van der Waals surface area contributed by atoms with Crippen molar-refractivity contribution >= 4 is 27.5 Å². The van der Waals surface area contributed by atoms with Gasteiger partial charge in [0.05, 0.1) is 17.0 Å². The topological polar surface area (TPSA) is 102 Å². The molecular formula is C15H20N2O5S. The van der Waals surface area contributed by atoms with Crippen LogP contribution in [0.25, 0.3) is 0 Å². The van der Waals surface area contributed by atoms with Gasteiger partial charge in [0.15, 0.2) is 11.9 Å². The first kappa shape index (κ1) is 17.3. The first-order valence-corrected chi connectivity index (χ1v) is 9.04. The summed E-state index contributed by atoms with van der Waals surface area (Å²) in [5, 5.41) is 2.62. The Labute approximate surface area is 135 Å². The van der Waals surface area contributed by atoms with Gasteiger partial charge in [-0.05, 0) is 25.0 Å². The van der Waals surface area contributed by atoms with Gasteiger partial charge in [-0.1, -0.05) is 26.3 Å². The first-order valence-electron chi connectivity index (χ1n) is 7.39. The quantitative estimate of drug-likeness (QED) is 0.846. The first-order chi connectivity index (χ1) is 10.7. The Balaban J connectivity index is 2.24. The lowest BCUT2D eigenvalue weighted by Crippen LogP contribution is -2.37. The van der Waals surface area contributed by atoms with Crippen molar-refractivity contribution < 1.29 is 22.7 Å². The zero-order valence-corrected chi connectivity index (χ0v) is 14.1. The number of para-hydroxylation sites is 1. The summed E-state index contributed by atoms with van der Waals surface area (Å²) in [4.78, 5) is 23.9. The molecule has 2 atom stereocenters. The molecule has 0 bridgehead atoms. The number of hydrogen-bond acceptors (Lipinski definition) is 5. The van der Waals surface area contributed by atoms with Crippen LogP contribution in [0.15, 0.2) is 18.2 Å². The summed E-state index contributed by atoms with van der Waals surface area (Å²) in [6.07, 6.45) is -0.0594. The number of sulfonamides is 1. The summed E-state index contributed by atoms with van der Waals surface area (Å²) in [6, 6.07) is 4.59. The van der Waals surface area contributed by atoms with Crippen molar-refractivity contribution in [2.24, 2.45) is 5.92 Å². The second-order valence-electron chi connectivity index (χ2n) is 5.66. The van der Waals surface area contributed by atoms with Crippen molar-refractivity contribution in [1.29, 1.82) is 0 Å². The van der Waals surface area contributed by atoms with Crippen molar-refractivity contribution in [3.05, 3.63) is 23.8 Å². The molecule has 1 heterocycles. The van der Waals surface area contributed by atoms with E-state index in [1.807, 2.05) is 6.92 Å². The van der Waals surface area contributed by atoms with E-state index in [2.05, 4.69) is 10.0 Å². The molecule has 7 nitrogen and oxygen atoms in total. The van der Waals surface area contributed by atoms with E-state index in [9.17, 15) is 18.0 Å². The lowest BCUT2D eigenvalue weighted by atomic mass is 10.1. The van der Waals surface area contributed by atoms with Crippen LogP contribution in [0.3, 0.4) is 0 Å². The van der Waals surface area contributed by atoms with E-state index in [0.29, 0.717) is 12.1 Å². The Morgan fingerprint density at radius 3 is 2.78 bits per heavy atom. The van der Waals surface area contributed by atoms with Gasteiger partial charge in [0.2, 0.25) is 10.0 Å². The zero-order chi connectivity index (χ0) is 17.2. The van der Waals surface area contributed by atoms with Crippen LogP contribution in [0, 0.1) is 5.92 Å². The standard InChI is InChI=1S/C15H20N2O5S/c1-4-9(2)8-23(20,21)17-15(19)11-6-5-7-12-13(11)22-10(3)14(18)16-12/h5-7,9-10H,4,8H2,1-3H3,(H,16,18)(H,17,19)/t9-,10+/m1/s1. The third-order valence-corrected chi connectivity index (χ3v) is 5.13. The zero-order valence-electron chi connectivity index (χ0n) is 13.3. The van der Waals surface area contributed by atoms with Crippen molar-refractivity contribution in [1.82, 2.24) is 4.72 Å². The summed E-state index contributed by atoms with van der Waals surface area (Å²) in [6.45, 7) is 5.23. The molecule has 0 fully saturated rings. The average molecular weight is 340 g/mol. The lowest BCUT2D eigenvalue weighted by molar-refractivity contribution is -0.122. The smallest absolute Gasteiger partial charge is 0.268 e. The predicted molar refractivity (Wildman–Crippen MR) is 85.9 cm³/mol. The van der Waals surface area contributed by atoms with Gasteiger partial charge >= 0.3 is 0 Å². The molecule has 1 aliphatic heterocycles. The number of rotatable bonds is 5. The highest BCUT2D eigenvalue weighted by Gasteiger charge is 2.29. The molecule has 1 aliphatic rings. The van der Waals surface area contributed by atoms with Crippen LogP contribution in [0.2, 0.25) is 0 Å². The molecule has 0 aromatic heterocycles. The number of amides is 2. The third-order valence-electron chi connectivity index (χ3n) is 3.63. The van der Waals surface area contributed by atoms with Gasteiger partial charge in [-0.2, -0.15) is 0 Å². The van der Waals surface area contributed by atoms with Gasteiger partial charge < -0.3 is 10.1 Å². The Kier molecular flexibility index (Phi) is 4.93. The summed E-state index contributed by atoms with van der Waals surface area (Å²) >= 11 is 0. The number of carbonyl (C=O) groups excluding carboxylic acids is 2. The highest BCUT2D eigenvalue weighted by atomic mass is 32.2. The fourth-order valence-corrected chi connectivity index (χ4v) is 3.60. The average Bonchev–Trinajstić information content (AvgIpc) is 2.46. The summed E-state index contributed by atoms with van der Waals surface area (Å²) in [5.74, 6) is -1.09. The van der Waals surface area contributed by atoms with E-state index in [0.717, 1.165) is 0 Å². The number of ether oxygens (including phenoxy) is 1. The van der Waals surface area contributed by atoms with Crippen LogP contribution in [-0.2, 0) is 14.8 Å². The van der Waals surface area contributed by atoms with Crippen molar-refractivity contribution in [2.45, 2.75) is 33.3 Å². The van der Waals surface area contributed by atoms with E-state index in [4.69, 9.17) is 4.74 Å². The van der Waals surface area contributed by atoms with Crippen LogP contribution in [0.4, 0.5) is 5.69 Å². The molecule has 0 aliphatic carbocycles. The molecule has 126 valence electrons. The fourth-order valence-electron chi connectivity index (χ4n) is 2.14. The molecule has 1 aromatic rings. The van der Waals surface area contributed by atoms with E-state index >= 15 is 0 Å². The van der Waals surface area contributed by atoms with E-state index in [-0.39, 0.29) is 28.9 Å². The third kappa shape index (κ3) is 4.01. The predicted octanol–water partition coefficient (Wildman–Crippen LogP) is 1.51. The molecule has 0 radical (unpaired) electrons. The number of carbonyl (C=O) groups is 2. The molecule has 2 amide bonds. The molecule has 0 spiro atoms. The van der Waals surface area contributed by atoms with Crippen molar-refractivity contribution in [2.75, 3.05) is 11.1 Å².